The van der Waals surface area contributed by atoms with Gasteiger partial charge in [-0.05, 0) is 43.5 Å². The standard InChI is InChI=1S/C14H18ClNO/c1-10-5-6-11(12(15)8-10)9-14(17)13-4-2-3-7-16-13/h5-6,8,13,16H,2-4,7,9H2,1H3. The molecular formula is C14H18ClNO. The van der Waals surface area contributed by atoms with Gasteiger partial charge < -0.3 is 5.32 Å². The first-order chi connectivity index (χ1) is 8.16. The third kappa shape index (κ3) is 3.30. The minimum atomic E-state index is 0.0288. The number of aryl methyl sites for hydroxylation is 1. The summed E-state index contributed by atoms with van der Waals surface area (Å²) >= 11 is 6.14. The topological polar surface area (TPSA) is 29.1 Å². The molecule has 1 aliphatic rings. The molecule has 1 fully saturated rings. The van der Waals surface area contributed by atoms with Crippen LogP contribution in [-0.2, 0) is 11.2 Å². The Kier molecular flexibility index (Phi) is 4.19. The van der Waals surface area contributed by atoms with Gasteiger partial charge >= 0.3 is 0 Å². The van der Waals surface area contributed by atoms with Crippen molar-refractivity contribution in [2.24, 2.45) is 0 Å². The molecule has 17 heavy (non-hydrogen) atoms. The molecule has 1 aliphatic heterocycles. The van der Waals surface area contributed by atoms with Crippen LogP contribution >= 0.6 is 11.6 Å². The number of rotatable bonds is 3. The zero-order valence-corrected chi connectivity index (χ0v) is 10.9. The zero-order valence-electron chi connectivity index (χ0n) is 10.1. The van der Waals surface area contributed by atoms with Crippen LogP contribution in [0, 0.1) is 6.92 Å². The summed E-state index contributed by atoms with van der Waals surface area (Å²) in [7, 11) is 0. The normalized spacial score (nSPS) is 20.2. The number of nitrogens with one attached hydrogen (secondary N) is 1. The van der Waals surface area contributed by atoms with Crippen LogP contribution in [0.2, 0.25) is 5.02 Å². The maximum Gasteiger partial charge on any atom is 0.154 e. The van der Waals surface area contributed by atoms with Crippen molar-refractivity contribution >= 4 is 17.4 Å². The van der Waals surface area contributed by atoms with Crippen LogP contribution < -0.4 is 5.32 Å². The number of hydrogen-bond acceptors (Lipinski definition) is 2. The lowest BCUT2D eigenvalue weighted by molar-refractivity contribution is -0.120. The average Bonchev–Trinajstić information content (AvgIpc) is 2.34. The number of halogens is 1. The molecular weight excluding hydrogens is 234 g/mol. The summed E-state index contributed by atoms with van der Waals surface area (Å²) < 4.78 is 0. The van der Waals surface area contributed by atoms with Crippen LogP contribution in [0.4, 0.5) is 0 Å². The van der Waals surface area contributed by atoms with Crippen molar-refractivity contribution in [1.29, 1.82) is 0 Å². The first-order valence-electron chi connectivity index (χ1n) is 6.18. The zero-order chi connectivity index (χ0) is 12.3. The molecule has 0 amide bonds. The van der Waals surface area contributed by atoms with E-state index in [1.807, 2.05) is 25.1 Å². The second-order valence-electron chi connectivity index (χ2n) is 4.74. The number of carbonyl (C=O) groups is 1. The minimum Gasteiger partial charge on any atom is -0.307 e. The molecule has 1 N–H and O–H groups in total. The number of benzene rings is 1. The molecule has 1 heterocycles. The first kappa shape index (κ1) is 12.6. The molecule has 1 unspecified atom stereocenters. The summed E-state index contributed by atoms with van der Waals surface area (Å²) in [5.41, 5.74) is 2.07. The minimum absolute atomic E-state index is 0.0288. The lowest BCUT2D eigenvalue weighted by atomic mass is 9.96. The van der Waals surface area contributed by atoms with Gasteiger partial charge in [0.15, 0.2) is 5.78 Å². The molecule has 1 saturated heterocycles. The number of Topliss-reactive ketones (excluding diaryl/α,β-unsaturated/α-hetero) is 1. The Bertz CT molecular complexity index is 411. The SMILES string of the molecule is Cc1ccc(CC(=O)C2CCCCN2)c(Cl)c1. The molecule has 0 aromatic heterocycles. The summed E-state index contributed by atoms with van der Waals surface area (Å²) in [5, 5.41) is 3.98. The fourth-order valence-corrected chi connectivity index (χ4v) is 2.54. The summed E-state index contributed by atoms with van der Waals surface area (Å²) in [6.45, 7) is 2.96. The summed E-state index contributed by atoms with van der Waals surface area (Å²) in [6.07, 6.45) is 3.72. The van der Waals surface area contributed by atoms with Crippen molar-refractivity contribution in [1.82, 2.24) is 5.32 Å². The van der Waals surface area contributed by atoms with E-state index < -0.39 is 0 Å². The van der Waals surface area contributed by atoms with E-state index in [0.717, 1.165) is 30.5 Å². The summed E-state index contributed by atoms with van der Waals surface area (Å²) in [4.78, 5) is 12.1. The molecule has 0 bridgehead atoms. The van der Waals surface area contributed by atoms with E-state index >= 15 is 0 Å². The maximum absolute atomic E-state index is 12.1. The highest BCUT2D eigenvalue weighted by Crippen LogP contribution is 2.19. The first-order valence-corrected chi connectivity index (χ1v) is 6.56. The van der Waals surface area contributed by atoms with Crippen molar-refractivity contribution < 1.29 is 4.79 Å². The van der Waals surface area contributed by atoms with E-state index in [1.54, 1.807) is 0 Å². The van der Waals surface area contributed by atoms with E-state index in [9.17, 15) is 4.79 Å². The highest BCUT2D eigenvalue weighted by molar-refractivity contribution is 6.31. The van der Waals surface area contributed by atoms with Crippen molar-refractivity contribution in [2.45, 2.75) is 38.6 Å². The molecule has 0 aliphatic carbocycles. The molecule has 1 atom stereocenters. The van der Waals surface area contributed by atoms with Gasteiger partial charge in [-0.1, -0.05) is 30.2 Å². The third-order valence-electron chi connectivity index (χ3n) is 3.27. The summed E-state index contributed by atoms with van der Waals surface area (Å²) in [5.74, 6) is 0.260. The Hall–Kier alpha value is -0.860. The monoisotopic (exact) mass is 251 g/mol. The molecule has 92 valence electrons. The lowest BCUT2D eigenvalue weighted by Crippen LogP contribution is -2.41. The Labute approximate surface area is 107 Å². The fourth-order valence-electron chi connectivity index (χ4n) is 2.23. The van der Waals surface area contributed by atoms with Crippen LogP contribution in [0.3, 0.4) is 0 Å². The van der Waals surface area contributed by atoms with Crippen molar-refractivity contribution in [3.05, 3.63) is 34.3 Å². The number of ketones is 1. The second-order valence-corrected chi connectivity index (χ2v) is 5.15. The van der Waals surface area contributed by atoms with Gasteiger partial charge in [-0.3, -0.25) is 4.79 Å². The average molecular weight is 252 g/mol. The van der Waals surface area contributed by atoms with E-state index in [1.165, 1.54) is 6.42 Å². The molecule has 0 spiro atoms. The molecule has 1 aromatic rings. The van der Waals surface area contributed by atoms with Gasteiger partial charge in [0.05, 0.1) is 6.04 Å². The molecule has 0 radical (unpaired) electrons. The van der Waals surface area contributed by atoms with Gasteiger partial charge in [0.2, 0.25) is 0 Å². The van der Waals surface area contributed by atoms with Crippen molar-refractivity contribution in [3.8, 4) is 0 Å². The van der Waals surface area contributed by atoms with Crippen LogP contribution in [0.15, 0.2) is 18.2 Å². The predicted molar refractivity (Wildman–Crippen MR) is 70.5 cm³/mol. The Balaban J connectivity index is 2.02. The molecule has 2 rings (SSSR count). The smallest absolute Gasteiger partial charge is 0.154 e. The Morgan fingerprint density at radius 2 is 2.29 bits per heavy atom. The van der Waals surface area contributed by atoms with Crippen LogP contribution in [0.5, 0.6) is 0 Å². The number of hydrogen-bond donors (Lipinski definition) is 1. The summed E-state index contributed by atoms with van der Waals surface area (Å²) in [6, 6.07) is 5.90. The van der Waals surface area contributed by atoms with Gasteiger partial charge in [0, 0.05) is 11.4 Å². The largest absolute Gasteiger partial charge is 0.307 e. The third-order valence-corrected chi connectivity index (χ3v) is 3.62. The van der Waals surface area contributed by atoms with Gasteiger partial charge in [-0.25, -0.2) is 0 Å². The van der Waals surface area contributed by atoms with Crippen LogP contribution in [0.25, 0.3) is 0 Å². The van der Waals surface area contributed by atoms with Gasteiger partial charge in [-0.2, -0.15) is 0 Å². The maximum atomic E-state index is 12.1. The Morgan fingerprint density at radius 1 is 1.47 bits per heavy atom. The van der Waals surface area contributed by atoms with Crippen molar-refractivity contribution in [3.63, 3.8) is 0 Å². The quantitative estimate of drug-likeness (QED) is 0.895. The van der Waals surface area contributed by atoms with E-state index in [0.29, 0.717) is 11.4 Å². The molecule has 1 aromatic carbocycles. The lowest BCUT2D eigenvalue weighted by Gasteiger charge is -2.22. The molecule has 3 heteroatoms. The van der Waals surface area contributed by atoms with Gasteiger partial charge in [-0.15, -0.1) is 0 Å². The predicted octanol–water partition coefficient (Wildman–Crippen LogP) is 2.90. The molecule has 0 saturated carbocycles. The second kappa shape index (κ2) is 5.65. The van der Waals surface area contributed by atoms with Gasteiger partial charge in [0.1, 0.15) is 0 Å². The fraction of sp³-hybridized carbons (Fsp3) is 0.500. The van der Waals surface area contributed by atoms with Gasteiger partial charge in [0.25, 0.3) is 0 Å². The number of piperidine rings is 1. The molecule has 2 nitrogen and oxygen atoms in total. The van der Waals surface area contributed by atoms with Crippen LogP contribution in [-0.4, -0.2) is 18.4 Å². The van der Waals surface area contributed by atoms with E-state index in [-0.39, 0.29) is 11.8 Å². The highest BCUT2D eigenvalue weighted by Gasteiger charge is 2.21. The van der Waals surface area contributed by atoms with Crippen LogP contribution in [0.1, 0.15) is 30.4 Å². The number of carbonyl (C=O) groups excluding carboxylic acids is 1. The highest BCUT2D eigenvalue weighted by atomic mass is 35.5. The van der Waals surface area contributed by atoms with E-state index in [4.69, 9.17) is 11.6 Å². The van der Waals surface area contributed by atoms with Crippen molar-refractivity contribution in [2.75, 3.05) is 6.54 Å². The Morgan fingerprint density at radius 3 is 2.94 bits per heavy atom. The van der Waals surface area contributed by atoms with E-state index in [2.05, 4.69) is 5.32 Å².